The number of Topliss-reactive ketones (excluding diaryl/α,β-unsaturated/α-hetero) is 1. The highest BCUT2D eigenvalue weighted by Gasteiger charge is 2.70. The first-order valence-electron chi connectivity index (χ1n) is 19.9. The van der Waals surface area contributed by atoms with E-state index in [4.69, 9.17) is 6.42 Å². The average Bonchev–Trinajstić information content (AvgIpc) is 3.95. The Morgan fingerprint density at radius 3 is 2.08 bits per heavy atom. The molecule has 0 radical (unpaired) electrons. The zero-order valence-corrected chi connectivity index (χ0v) is 33.6. The SMILES string of the molecule is C#CCCC(NC(=O)[C@@H]1[C@@H]2[C@H](CN1C(=O)[C@@H](NC(=O)NC1(CS(=O)(=O)C(C)(C)C)CCCCC1)C1(C)CCCCC1)C2(C)C)C(=O)C(=O)NCC1CC1. The maximum Gasteiger partial charge on any atom is 0.315 e. The summed E-state index contributed by atoms with van der Waals surface area (Å²) in [5.41, 5.74) is -1.78. The third-order valence-corrected chi connectivity index (χ3v) is 16.0. The van der Waals surface area contributed by atoms with Crippen LogP contribution in [-0.4, -0.2) is 90.1 Å². The lowest BCUT2D eigenvalue weighted by molar-refractivity contribution is -0.146. The highest BCUT2D eigenvalue weighted by Crippen LogP contribution is 2.65. The average molecular weight is 758 g/mol. The Labute approximate surface area is 316 Å². The molecule has 5 amide bonds. The van der Waals surface area contributed by atoms with Crippen molar-refractivity contribution in [3.63, 3.8) is 0 Å². The minimum absolute atomic E-state index is 0.0469. The Balaban J connectivity index is 1.38. The van der Waals surface area contributed by atoms with Gasteiger partial charge in [0, 0.05) is 19.5 Å². The molecule has 53 heavy (non-hydrogen) atoms. The maximum atomic E-state index is 14.9. The van der Waals surface area contributed by atoms with Crippen molar-refractivity contribution in [3.8, 4) is 12.3 Å². The number of carbonyl (C=O) groups is 5. The molecule has 1 unspecified atom stereocenters. The molecule has 12 nitrogen and oxygen atoms in total. The molecule has 4 aliphatic carbocycles. The van der Waals surface area contributed by atoms with Gasteiger partial charge in [-0.3, -0.25) is 19.2 Å². The lowest BCUT2D eigenvalue weighted by Crippen LogP contribution is -2.65. The molecule has 1 saturated heterocycles. The fourth-order valence-electron chi connectivity index (χ4n) is 9.24. The quantitative estimate of drug-likeness (QED) is 0.153. The van der Waals surface area contributed by atoms with Gasteiger partial charge in [0.2, 0.25) is 17.6 Å². The summed E-state index contributed by atoms with van der Waals surface area (Å²) >= 11 is 0. The molecule has 0 aromatic carbocycles. The van der Waals surface area contributed by atoms with Crippen LogP contribution in [0.2, 0.25) is 0 Å². The van der Waals surface area contributed by atoms with Crippen molar-refractivity contribution in [1.82, 2.24) is 26.2 Å². The van der Waals surface area contributed by atoms with E-state index in [9.17, 15) is 32.4 Å². The first kappa shape index (κ1) is 41.0. The number of urea groups is 1. The Morgan fingerprint density at radius 2 is 1.51 bits per heavy atom. The van der Waals surface area contributed by atoms with Gasteiger partial charge in [-0.2, -0.15) is 0 Å². The third-order valence-electron chi connectivity index (χ3n) is 13.2. The summed E-state index contributed by atoms with van der Waals surface area (Å²) in [5.74, 6) is 0.189. The fraction of sp³-hybridized carbons (Fsp3) is 0.825. The summed E-state index contributed by atoms with van der Waals surface area (Å²) in [6.45, 7) is 11.9. The predicted octanol–water partition coefficient (Wildman–Crippen LogP) is 4.02. The number of rotatable bonds is 14. The predicted molar refractivity (Wildman–Crippen MR) is 203 cm³/mol. The second-order valence-electron chi connectivity index (χ2n) is 18.7. The third kappa shape index (κ3) is 9.05. The molecule has 0 bridgehead atoms. The number of likely N-dealkylation sites (tertiary alicyclic amines) is 1. The lowest BCUT2D eigenvalue weighted by Gasteiger charge is -2.44. The summed E-state index contributed by atoms with van der Waals surface area (Å²) in [5, 5.41) is 11.6. The van der Waals surface area contributed by atoms with Crippen LogP contribution in [0.3, 0.4) is 0 Å². The van der Waals surface area contributed by atoms with E-state index in [1.807, 2.05) is 6.92 Å². The van der Waals surface area contributed by atoms with Crippen LogP contribution in [0.1, 0.15) is 131 Å². The van der Waals surface area contributed by atoms with E-state index in [1.54, 1.807) is 25.7 Å². The Hall–Kier alpha value is -3.14. The van der Waals surface area contributed by atoms with E-state index in [0.717, 1.165) is 51.4 Å². The van der Waals surface area contributed by atoms with E-state index in [1.165, 1.54) is 0 Å². The number of nitrogens with zero attached hydrogens (tertiary/aromatic N) is 1. The second kappa shape index (κ2) is 15.5. The molecule has 5 rings (SSSR count). The van der Waals surface area contributed by atoms with Crippen LogP contribution in [0.4, 0.5) is 4.79 Å². The first-order valence-corrected chi connectivity index (χ1v) is 21.6. The van der Waals surface area contributed by atoms with Gasteiger partial charge in [0.05, 0.1) is 22.1 Å². The van der Waals surface area contributed by atoms with Crippen LogP contribution in [-0.2, 0) is 29.0 Å². The summed E-state index contributed by atoms with van der Waals surface area (Å²) in [6.07, 6.45) is 15.6. The number of terminal acetylenes is 1. The van der Waals surface area contributed by atoms with E-state index < -0.39 is 67.3 Å². The zero-order valence-electron chi connectivity index (χ0n) is 32.8. The molecule has 5 aliphatic rings. The van der Waals surface area contributed by atoms with Crippen molar-refractivity contribution in [2.24, 2.45) is 28.6 Å². The minimum atomic E-state index is -3.58. The summed E-state index contributed by atoms with van der Waals surface area (Å²) < 4.78 is 25.9. The Morgan fingerprint density at radius 1 is 0.906 bits per heavy atom. The van der Waals surface area contributed by atoms with Gasteiger partial charge in [-0.1, -0.05) is 59.3 Å². The van der Waals surface area contributed by atoms with Gasteiger partial charge in [-0.25, -0.2) is 13.2 Å². The molecular weight excluding hydrogens is 695 g/mol. The lowest BCUT2D eigenvalue weighted by atomic mass is 9.70. The van der Waals surface area contributed by atoms with E-state index in [2.05, 4.69) is 41.0 Å². The monoisotopic (exact) mass is 757 g/mol. The number of hydrogen-bond acceptors (Lipinski definition) is 7. The van der Waals surface area contributed by atoms with Crippen LogP contribution in [0.5, 0.6) is 0 Å². The standard InChI is InChI=1S/C40H63N5O7S/c1-8-9-16-28(31(46)34(48)41-23-26-17-18-26)42-33(47)30-29-27(38(29,5)6)24-45(30)35(49)32(39(7)19-12-10-13-20-39)43-36(50)44-40(21-14-11-15-22-40)25-53(51,52)37(2,3)4/h1,26-30,32H,9-25H2,2-7H3,(H,41,48)(H,42,47)(H2,43,44,50)/t27-,28?,29-,30-,32+/m0/s1. The number of piperidine rings is 1. The van der Waals surface area contributed by atoms with Gasteiger partial charge in [-0.05, 0) is 94.3 Å². The highest BCUT2D eigenvalue weighted by atomic mass is 32.2. The first-order chi connectivity index (χ1) is 24.8. The van der Waals surface area contributed by atoms with Crippen LogP contribution < -0.4 is 21.3 Å². The number of fused-ring (bicyclic) bond motifs is 1. The van der Waals surface area contributed by atoms with Gasteiger partial charge in [-0.15, -0.1) is 12.3 Å². The van der Waals surface area contributed by atoms with Crippen molar-refractivity contribution >= 4 is 39.4 Å². The molecular formula is C40H63N5O7S. The number of nitrogens with one attached hydrogen (secondary N) is 4. The molecule has 4 N–H and O–H groups in total. The Kier molecular flexibility index (Phi) is 12.0. The van der Waals surface area contributed by atoms with E-state index in [-0.39, 0.29) is 41.8 Å². The maximum absolute atomic E-state index is 14.9. The van der Waals surface area contributed by atoms with Gasteiger partial charge in [0.1, 0.15) is 12.1 Å². The summed E-state index contributed by atoms with van der Waals surface area (Å²) in [6, 6.07) is -3.59. The van der Waals surface area contributed by atoms with E-state index in [0.29, 0.717) is 44.7 Å². The van der Waals surface area contributed by atoms with Crippen molar-refractivity contribution in [2.75, 3.05) is 18.8 Å². The molecule has 5 fully saturated rings. The number of hydrogen-bond donors (Lipinski definition) is 4. The van der Waals surface area contributed by atoms with E-state index >= 15 is 0 Å². The van der Waals surface area contributed by atoms with Crippen molar-refractivity contribution in [1.29, 1.82) is 0 Å². The molecule has 5 atom stereocenters. The van der Waals surface area contributed by atoms with Crippen LogP contribution in [0.15, 0.2) is 0 Å². The summed E-state index contributed by atoms with van der Waals surface area (Å²) in [4.78, 5) is 71.0. The topological polar surface area (TPSA) is 171 Å². The van der Waals surface area contributed by atoms with Crippen molar-refractivity contribution in [2.45, 2.75) is 160 Å². The fourth-order valence-corrected chi connectivity index (χ4v) is 10.8. The number of ketones is 1. The molecule has 4 saturated carbocycles. The molecule has 1 heterocycles. The van der Waals surface area contributed by atoms with Crippen molar-refractivity contribution in [3.05, 3.63) is 0 Å². The number of amides is 5. The van der Waals surface area contributed by atoms with Gasteiger partial charge < -0.3 is 26.2 Å². The minimum Gasteiger partial charge on any atom is -0.349 e. The van der Waals surface area contributed by atoms with Crippen LogP contribution in [0.25, 0.3) is 0 Å². The highest BCUT2D eigenvalue weighted by molar-refractivity contribution is 7.92. The molecule has 296 valence electrons. The number of sulfone groups is 1. The van der Waals surface area contributed by atoms with Gasteiger partial charge >= 0.3 is 6.03 Å². The summed E-state index contributed by atoms with van der Waals surface area (Å²) in [7, 11) is -3.58. The number of carbonyl (C=O) groups excluding carboxylic acids is 5. The smallest absolute Gasteiger partial charge is 0.315 e. The molecule has 0 spiro atoms. The van der Waals surface area contributed by atoms with Crippen LogP contribution >= 0.6 is 0 Å². The molecule has 0 aromatic rings. The Bertz CT molecular complexity index is 1580. The largest absolute Gasteiger partial charge is 0.349 e. The zero-order chi connectivity index (χ0) is 39.0. The molecule has 1 aliphatic heterocycles. The molecule has 0 aromatic heterocycles. The second-order valence-corrected chi connectivity index (χ2v) is 21.4. The molecule has 13 heteroatoms. The van der Waals surface area contributed by atoms with Gasteiger partial charge in [0.15, 0.2) is 9.84 Å². The van der Waals surface area contributed by atoms with Gasteiger partial charge in [0.25, 0.3) is 5.91 Å². The normalized spacial score (nSPS) is 26.9. The van der Waals surface area contributed by atoms with Crippen molar-refractivity contribution < 1.29 is 32.4 Å². The van der Waals surface area contributed by atoms with Crippen LogP contribution in [0, 0.1) is 40.9 Å².